The Morgan fingerprint density at radius 2 is 1.50 bits per heavy atom. The third-order valence-electron chi connectivity index (χ3n) is 6.61. The molecule has 1 aliphatic rings. The van der Waals surface area contributed by atoms with Gasteiger partial charge in [-0.1, -0.05) is 84.0 Å². The van der Waals surface area contributed by atoms with Gasteiger partial charge in [-0.3, -0.25) is 0 Å². The summed E-state index contributed by atoms with van der Waals surface area (Å²) < 4.78 is 35.4. The number of aryl methyl sites for hydroxylation is 2. The molecule has 34 heavy (non-hydrogen) atoms. The summed E-state index contributed by atoms with van der Waals surface area (Å²) >= 11 is 0. The second-order valence-electron chi connectivity index (χ2n) is 9.13. The van der Waals surface area contributed by atoms with Gasteiger partial charge in [0, 0.05) is 12.0 Å². The molecule has 3 aromatic carbocycles. The van der Waals surface area contributed by atoms with Crippen LogP contribution in [0, 0.1) is 6.92 Å². The molecule has 4 aromatic rings. The Hall–Kier alpha value is -3.31. The normalized spacial score (nSPS) is 14.8. The van der Waals surface area contributed by atoms with E-state index in [1.165, 1.54) is 18.4 Å². The van der Waals surface area contributed by atoms with Gasteiger partial charge in [0.1, 0.15) is 6.10 Å². The summed E-state index contributed by atoms with van der Waals surface area (Å²) in [5, 5.41) is 14.6. The Balaban J connectivity index is 1.35. The molecule has 1 fully saturated rings. The Bertz CT molecular complexity index is 1240. The lowest BCUT2D eigenvalue weighted by molar-refractivity contribution is -0.115. The van der Waals surface area contributed by atoms with Crippen molar-refractivity contribution in [3.63, 3.8) is 0 Å². The maximum absolute atomic E-state index is 15.0. The molecule has 1 aliphatic carbocycles. The quantitative estimate of drug-likeness (QED) is 0.297. The summed E-state index contributed by atoms with van der Waals surface area (Å²) in [6.07, 6.45) is 0.220. The minimum atomic E-state index is -3.33. The van der Waals surface area contributed by atoms with Gasteiger partial charge in [-0.15, -0.1) is 0 Å². The van der Waals surface area contributed by atoms with Gasteiger partial charge < -0.3 is 9.63 Å². The van der Waals surface area contributed by atoms with Crippen molar-refractivity contribution in [1.29, 1.82) is 0 Å². The number of rotatable bonds is 8. The molecule has 1 atom stereocenters. The SMILES string of the molecule is Cc1noc(-c2ccc(-c3ccc(C4CC4)cc3)cc2)c1C(O)C(F)(F)CCc1ccccc1. The van der Waals surface area contributed by atoms with Crippen LogP contribution in [0.25, 0.3) is 22.5 Å². The lowest BCUT2D eigenvalue weighted by Gasteiger charge is -2.23. The zero-order valence-electron chi connectivity index (χ0n) is 19.0. The van der Waals surface area contributed by atoms with Crippen LogP contribution >= 0.6 is 0 Å². The average Bonchev–Trinajstić information content (AvgIpc) is 3.65. The third-order valence-corrected chi connectivity index (χ3v) is 6.61. The van der Waals surface area contributed by atoms with Crippen LogP contribution in [0.5, 0.6) is 0 Å². The minimum Gasteiger partial charge on any atom is -0.382 e. The molecule has 0 amide bonds. The van der Waals surface area contributed by atoms with Gasteiger partial charge in [0.15, 0.2) is 5.76 Å². The first kappa shape index (κ1) is 22.5. The van der Waals surface area contributed by atoms with Crippen molar-refractivity contribution in [3.8, 4) is 22.5 Å². The Kier molecular flexibility index (Phi) is 6.05. The summed E-state index contributed by atoms with van der Waals surface area (Å²) in [4.78, 5) is 0. The molecule has 0 bridgehead atoms. The van der Waals surface area contributed by atoms with Crippen molar-refractivity contribution < 1.29 is 18.4 Å². The van der Waals surface area contributed by atoms with Gasteiger partial charge in [0.25, 0.3) is 5.92 Å². The zero-order chi connectivity index (χ0) is 23.7. The van der Waals surface area contributed by atoms with Crippen molar-refractivity contribution in [3.05, 3.63) is 101 Å². The van der Waals surface area contributed by atoms with E-state index >= 15 is 8.78 Å². The zero-order valence-corrected chi connectivity index (χ0v) is 19.0. The van der Waals surface area contributed by atoms with E-state index in [0.29, 0.717) is 11.5 Å². The van der Waals surface area contributed by atoms with Gasteiger partial charge >= 0.3 is 0 Å². The van der Waals surface area contributed by atoms with Crippen molar-refractivity contribution in [2.75, 3.05) is 0 Å². The standard InChI is InChI=1S/C29H27F2NO2/c1-19-26(28(33)29(30,31)18-17-20-5-3-2-4-6-20)27(34-32-19)25-15-13-24(14-16-25)23-11-9-22(10-12-23)21-7-8-21/h2-6,9-16,21,28,33H,7-8,17-18H2,1H3. The summed E-state index contributed by atoms with van der Waals surface area (Å²) in [6, 6.07) is 25.2. The number of hydrogen-bond acceptors (Lipinski definition) is 3. The van der Waals surface area contributed by atoms with Gasteiger partial charge in [-0.25, -0.2) is 8.78 Å². The molecular formula is C29H27F2NO2. The molecule has 1 unspecified atom stereocenters. The number of nitrogens with zero attached hydrogens (tertiary/aromatic N) is 1. The molecule has 3 nitrogen and oxygen atoms in total. The van der Waals surface area contributed by atoms with E-state index in [1.54, 1.807) is 19.1 Å². The largest absolute Gasteiger partial charge is 0.382 e. The Labute approximate surface area is 198 Å². The molecular weight excluding hydrogens is 432 g/mol. The highest BCUT2D eigenvalue weighted by molar-refractivity contribution is 5.70. The number of alkyl halides is 2. The highest BCUT2D eigenvalue weighted by Gasteiger charge is 2.42. The summed E-state index contributed by atoms with van der Waals surface area (Å²) in [7, 11) is 0. The van der Waals surface area contributed by atoms with Crippen molar-refractivity contribution in [1.82, 2.24) is 5.16 Å². The van der Waals surface area contributed by atoms with Crippen LogP contribution in [0.4, 0.5) is 8.78 Å². The fraction of sp³-hybridized carbons (Fsp3) is 0.276. The third kappa shape index (κ3) is 4.66. The monoisotopic (exact) mass is 459 g/mol. The van der Waals surface area contributed by atoms with E-state index in [9.17, 15) is 5.11 Å². The molecule has 1 N–H and O–H groups in total. The number of aromatic nitrogens is 1. The maximum Gasteiger partial charge on any atom is 0.278 e. The lowest BCUT2D eigenvalue weighted by Crippen LogP contribution is -2.27. The van der Waals surface area contributed by atoms with E-state index in [1.807, 2.05) is 42.5 Å². The van der Waals surface area contributed by atoms with Crippen LogP contribution in [0.1, 0.15) is 53.7 Å². The van der Waals surface area contributed by atoms with Crippen LogP contribution in [0.2, 0.25) is 0 Å². The van der Waals surface area contributed by atoms with E-state index in [0.717, 1.165) is 16.7 Å². The Morgan fingerprint density at radius 3 is 2.12 bits per heavy atom. The maximum atomic E-state index is 15.0. The fourth-order valence-corrected chi connectivity index (χ4v) is 4.39. The molecule has 174 valence electrons. The minimum absolute atomic E-state index is 0.0413. The van der Waals surface area contributed by atoms with Crippen LogP contribution in [0.3, 0.4) is 0 Å². The lowest BCUT2D eigenvalue weighted by atomic mass is 9.94. The van der Waals surface area contributed by atoms with Crippen molar-refractivity contribution in [2.24, 2.45) is 0 Å². The van der Waals surface area contributed by atoms with Crippen LogP contribution in [-0.4, -0.2) is 16.2 Å². The van der Waals surface area contributed by atoms with Crippen molar-refractivity contribution >= 4 is 0 Å². The van der Waals surface area contributed by atoms with Gasteiger partial charge in [0.2, 0.25) is 0 Å². The van der Waals surface area contributed by atoms with Gasteiger partial charge in [-0.2, -0.15) is 0 Å². The van der Waals surface area contributed by atoms with Crippen molar-refractivity contribution in [2.45, 2.75) is 50.6 Å². The second-order valence-corrected chi connectivity index (χ2v) is 9.13. The summed E-state index contributed by atoms with van der Waals surface area (Å²) in [5.74, 6) is -2.44. The topological polar surface area (TPSA) is 46.3 Å². The molecule has 0 saturated heterocycles. The first-order chi connectivity index (χ1) is 16.4. The van der Waals surface area contributed by atoms with Crippen LogP contribution < -0.4 is 0 Å². The highest BCUT2D eigenvalue weighted by Crippen LogP contribution is 2.42. The summed E-state index contributed by atoms with van der Waals surface area (Å²) in [6.45, 7) is 1.58. The molecule has 5 heteroatoms. The number of aliphatic hydroxyl groups excluding tert-OH is 1. The van der Waals surface area contributed by atoms with E-state index < -0.39 is 18.4 Å². The predicted octanol–water partition coefficient (Wildman–Crippen LogP) is 7.50. The first-order valence-electron chi connectivity index (χ1n) is 11.7. The molecule has 0 aliphatic heterocycles. The van der Waals surface area contributed by atoms with Gasteiger partial charge in [-0.05, 0) is 54.4 Å². The van der Waals surface area contributed by atoms with Crippen LogP contribution in [0.15, 0.2) is 83.4 Å². The molecule has 0 radical (unpaired) electrons. The Morgan fingerprint density at radius 1 is 0.912 bits per heavy atom. The number of halogens is 2. The van der Waals surface area contributed by atoms with E-state index in [2.05, 4.69) is 29.4 Å². The molecule has 1 aromatic heterocycles. The summed E-state index contributed by atoms with van der Waals surface area (Å²) in [5.41, 5.74) is 5.21. The van der Waals surface area contributed by atoms with E-state index in [4.69, 9.17) is 4.52 Å². The van der Waals surface area contributed by atoms with Crippen LogP contribution in [-0.2, 0) is 6.42 Å². The number of hydrogen-bond donors (Lipinski definition) is 1. The molecule has 1 saturated carbocycles. The fourth-order valence-electron chi connectivity index (χ4n) is 4.39. The second kappa shape index (κ2) is 9.15. The first-order valence-corrected chi connectivity index (χ1v) is 11.7. The molecule has 1 heterocycles. The molecule has 5 rings (SSSR count). The highest BCUT2D eigenvalue weighted by atomic mass is 19.3. The number of benzene rings is 3. The smallest absolute Gasteiger partial charge is 0.278 e. The predicted molar refractivity (Wildman–Crippen MR) is 129 cm³/mol. The average molecular weight is 460 g/mol. The van der Waals surface area contributed by atoms with Gasteiger partial charge in [0.05, 0.1) is 11.3 Å². The number of aliphatic hydroxyl groups is 1. The molecule has 0 spiro atoms. The van der Waals surface area contributed by atoms with E-state index in [-0.39, 0.29) is 23.4 Å².